The van der Waals surface area contributed by atoms with Crippen molar-refractivity contribution in [2.24, 2.45) is 10.9 Å². The summed E-state index contributed by atoms with van der Waals surface area (Å²) < 4.78 is 16.2. The molecule has 1 N–H and O–H groups in total. The highest BCUT2D eigenvalue weighted by Gasteiger charge is 2.24. The van der Waals surface area contributed by atoms with Crippen LogP contribution in [-0.4, -0.2) is 69.0 Å². The van der Waals surface area contributed by atoms with Crippen LogP contribution in [0.15, 0.2) is 23.3 Å². The smallest absolute Gasteiger partial charge is 0.213 e. The van der Waals surface area contributed by atoms with Gasteiger partial charge in [-0.05, 0) is 25.3 Å². The van der Waals surface area contributed by atoms with Gasteiger partial charge < -0.3 is 24.4 Å². The summed E-state index contributed by atoms with van der Waals surface area (Å²) in [5.41, 5.74) is 1.08. The number of rotatable bonds is 11. The summed E-state index contributed by atoms with van der Waals surface area (Å²) in [5, 5.41) is 3.40. The van der Waals surface area contributed by atoms with E-state index in [4.69, 9.17) is 19.2 Å². The molecule has 1 saturated heterocycles. The second kappa shape index (κ2) is 12.5. The fourth-order valence-electron chi connectivity index (χ4n) is 2.94. The van der Waals surface area contributed by atoms with Crippen molar-refractivity contribution in [1.29, 1.82) is 0 Å². The molecule has 2 heterocycles. The lowest BCUT2D eigenvalue weighted by Gasteiger charge is -2.21. The van der Waals surface area contributed by atoms with Crippen molar-refractivity contribution in [3.8, 4) is 5.88 Å². The van der Waals surface area contributed by atoms with Gasteiger partial charge in [-0.1, -0.05) is 13.0 Å². The van der Waals surface area contributed by atoms with Crippen LogP contribution in [0, 0.1) is 5.92 Å². The minimum atomic E-state index is 0.544. The molecule has 1 fully saturated rings. The molecule has 0 saturated carbocycles. The van der Waals surface area contributed by atoms with Gasteiger partial charge in [0.15, 0.2) is 5.96 Å². The monoisotopic (exact) mass is 378 g/mol. The zero-order chi connectivity index (χ0) is 19.3. The largest absolute Gasteiger partial charge is 0.478 e. The Kier molecular flexibility index (Phi) is 9.94. The van der Waals surface area contributed by atoms with Gasteiger partial charge in [-0.2, -0.15) is 0 Å². The molecule has 0 aliphatic carbocycles. The van der Waals surface area contributed by atoms with Crippen LogP contribution in [0.4, 0.5) is 0 Å². The molecule has 7 heteroatoms. The number of nitrogens with one attached hydrogen (secondary N) is 1. The van der Waals surface area contributed by atoms with Crippen LogP contribution in [0.25, 0.3) is 0 Å². The van der Waals surface area contributed by atoms with Crippen LogP contribution in [0.5, 0.6) is 5.88 Å². The molecule has 1 unspecified atom stereocenters. The molecular weight excluding hydrogens is 344 g/mol. The van der Waals surface area contributed by atoms with Crippen LogP contribution >= 0.6 is 0 Å². The van der Waals surface area contributed by atoms with Crippen molar-refractivity contribution in [2.75, 3.05) is 53.2 Å². The first-order valence-electron chi connectivity index (χ1n) is 9.94. The maximum Gasteiger partial charge on any atom is 0.213 e. The number of methoxy groups -OCH3 is 1. The van der Waals surface area contributed by atoms with Gasteiger partial charge in [0.2, 0.25) is 5.88 Å². The Bertz CT molecular complexity index is 551. The number of likely N-dealkylation sites (tertiary alicyclic amines) is 1. The number of hydrogen-bond donors (Lipinski definition) is 1. The van der Waals surface area contributed by atoms with Crippen molar-refractivity contribution in [3.05, 3.63) is 23.9 Å². The van der Waals surface area contributed by atoms with E-state index in [9.17, 15) is 0 Å². The van der Waals surface area contributed by atoms with Crippen molar-refractivity contribution >= 4 is 5.96 Å². The van der Waals surface area contributed by atoms with Crippen LogP contribution in [0.2, 0.25) is 0 Å². The summed E-state index contributed by atoms with van der Waals surface area (Å²) in [4.78, 5) is 11.5. The third-order valence-corrected chi connectivity index (χ3v) is 4.37. The first-order valence-corrected chi connectivity index (χ1v) is 9.94. The van der Waals surface area contributed by atoms with Crippen LogP contribution in [0.1, 0.15) is 32.3 Å². The van der Waals surface area contributed by atoms with E-state index in [1.165, 1.54) is 0 Å². The first kappa shape index (κ1) is 21.4. The summed E-state index contributed by atoms with van der Waals surface area (Å²) in [6, 6.07) is 3.94. The molecule has 1 aromatic rings. The predicted molar refractivity (Wildman–Crippen MR) is 107 cm³/mol. The van der Waals surface area contributed by atoms with Crippen molar-refractivity contribution in [3.63, 3.8) is 0 Å². The molecule has 0 bridgehead atoms. The number of aliphatic imine (C=N–C) groups is 1. The lowest BCUT2D eigenvalue weighted by molar-refractivity contribution is 0.0536. The highest BCUT2D eigenvalue weighted by Crippen LogP contribution is 2.17. The number of pyridine rings is 1. The Morgan fingerprint density at radius 3 is 2.89 bits per heavy atom. The molecule has 0 aromatic carbocycles. The van der Waals surface area contributed by atoms with Crippen LogP contribution in [0.3, 0.4) is 0 Å². The lowest BCUT2D eigenvalue weighted by Crippen LogP contribution is -2.40. The van der Waals surface area contributed by atoms with E-state index in [1.54, 1.807) is 7.11 Å². The SMILES string of the molecule is CCCOc1ccc(CN=C(NCC)N2CCC(COCCOC)C2)cn1. The molecule has 1 aromatic heterocycles. The molecular formula is C20H34N4O3. The van der Waals surface area contributed by atoms with Crippen molar-refractivity contribution in [1.82, 2.24) is 15.2 Å². The molecule has 1 aliphatic rings. The Balaban J connectivity index is 1.85. The molecule has 1 aliphatic heterocycles. The van der Waals surface area contributed by atoms with Gasteiger partial charge in [0.05, 0.1) is 33.0 Å². The van der Waals surface area contributed by atoms with Gasteiger partial charge in [0, 0.05) is 44.9 Å². The van der Waals surface area contributed by atoms with Crippen molar-refractivity contribution in [2.45, 2.75) is 33.2 Å². The molecule has 7 nitrogen and oxygen atoms in total. The van der Waals surface area contributed by atoms with Gasteiger partial charge in [-0.15, -0.1) is 0 Å². The minimum Gasteiger partial charge on any atom is -0.478 e. The molecule has 27 heavy (non-hydrogen) atoms. The summed E-state index contributed by atoms with van der Waals surface area (Å²) >= 11 is 0. The Morgan fingerprint density at radius 1 is 1.30 bits per heavy atom. The summed E-state index contributed by atoms with van der Waals surface area (Å²) in [6.45, 7) is 10.4. The molecule has 152 valence electrons. The Labute approximate surface area is 163 Å². The summed E-state index contributed by atoms with van der Waals surface area (Å²) in [7, 11) is 1.70. The minimum absolute atomic E-state index is 0.544. The van der Waals surface area contributed by atoms with Gasteiger partial charge in [-0.3, -0.25) is 0 Å². The van der Waals surface area contributed by atoms with Gasteiger partial charge in [0.1, 0.15) is 0 Å². The fraction of sp³-hybridized carbons (Fsp3) is 0.700. The zero-order valence-corrected chi connectivity index (χ0v) is 16.9. The van der Waals surface area contributed by atoms with E-state index in [-0.39, 0.29) is 0 Å². The van der Waals surface area contributed by atoms with E-state index in [2.05, 4.69) is 29.0 Å². The molecule has 1 atom stereocenters. The van der Waals surface area contributed by atoms with Gasteiger partial charge >= 0.3 is 0 Å². The average Bonchev–Trinajstić information content (AvgIpc) is 3.16. The quantitative estimate of drug-likeness (QED) is 0.362. The standard InChI is InChI=1S/C20H34N4O3/c1-4-10-27-19-7-6-17(13-22-19)14-23-20(21-5-2)24-9-8-18(15-24)16-26-12-11-25-3/h6-7,13,18H,4-5,8-12,14-16H2,1-3H3,(H,21,23). The van der Waals surface area contributed by atoms with Gasteiger partial charge in [0.25, 0.3) is 0 Å². The molecule has 0 amide bonds. The third kappa shape index (κ3) is 7.72. The van der Waals surface area contributed by atoms with E-state index < -0.39 is 0 Å². The third-order valence-electron chi connectivity index (χ3n) is 4.37. The predicted octanol–water partition coefficient (Wildman–Crippen LogP) is 2.32. The van der Waals surface area contributed by atoms with E-state index >= 15 is 0 Å². The maximum atomic E-state index is 5.68. The number of ether oxygens (including phenoxy) is 3. The highest BCUT2D eigenvalue weighted by atomic mass is 16.5. The van der Waals surface area contributed by atoms with E-state index in [0.717, 1.165) is 50.6 Å². The van der Waals surface area contributed by atoms with E-state index in [0.29, 0.717) is 38.2 Å². The second-order valence-corrected chi connectivity index (χ2v) is 6.69. The number of nitrogens with zero attached hydrogens (tertiary/aromatic N) is 3. The first-order chi connectivity index (χ1) is 13.3. The average molecular weight is 379 g/mol. The summed E-state index contributed by atoms with van der Waals surface area (Å²) in [5.74, 6) is 2.18. The van der Waals surface area contributed by atoms with Crippen molar-refractivity contribution < 1.29 is 14.2 Å². The molecule has 2 rings (SSSR count). The van der Waals surface area contributed by atoms with E-state index in [1.807, 2.05) is 18.3 Å². The number of aromatic nitrogens is 1. The number of hydrogen-bond acceptors (Lipinski definition) is 5. The Morgan fingerprint density at radius 2 is 2.19 bits per heavy atom. The zero-order valence-electron chi connectivity index (χ0n) is 16.9. The second-order valence-electron chi connectivity index (χ2n) is 6.69. The normalized spacial score (nSPS) is 17.4. The Hall–Kier alpha value is -1.86. The number of guanidine groups is 1. The van der Waals surface area contributed by atoms with Gasteiger partial charge in [-0.25, -0.2) is 9.98 Å². The fourth-order valence-corrected chi connectivity index (χ4v) is 2.94. The highest BCUT2D eigenvalue weighted by molar-refractivity contribution is 5.80. The molecule has 0 radical (unpaired) electrons. The van der Waals surface area contributed by atoms with Crippen LogP contribution < -0.4 is 10.1 Å². The lowest BCUT2D eigenvalue weighted by atomic mass is 10.1. The molecule has 0 spiro atoms. The van der Waals surface area contributed by atoms with Crippen LogP contribution in [-0.2, 0) is 16.0 Å². The topological polar surface area (TPSA) is 68.2 Å². The maximum absolute atomic E-state index is 5.68. The summed E-state index contributed by atoms with van der Waals surface area (Å²) in [6.07, 6.45) is 3.95.